The minimum Gasteiger partial charge on any atom is -0.479 e. The largest absolute Gasteiger partial charge is 0.479 e. The van der Waals surface area contributed by atoms with E-state index in [0.717, 1.165) is 5.54 Å². The van der Waals surface area contributed by atoms with E-state index in [1.54, 1.807) is 0 Å². The van der Waals surface area contributed by atoms with Gasteiger partial charge >= 0.3 is 0 Å². The number of aliphatic hydroxyl groups is 2. The van der Waals surface area contributed by atoms with Gasteiger partial charge in [-0.25, -0.2) is 0 Å². The Morgan fingerprint density at radius 2 is 2.30 bits per heavy atom. The molecule has 0 bridgehead atoms. The van der Waals surface area contributed by atoms with Crippen molar-refractivity contribution in [1.82, 2.24) is 0 Å². The molecule has 0 rings (SSSR count). The smallest absolute Gasteiger partial charge is 0.198 e. The molecule has 0 fully saturated rings. The van der Waals surface area contributed by atoms with E-state index < -0.39 is 6.10 Å². The van der Waals surface area contributed by atoms with E-state index >= 15 is 0 Å². The molecule has 0 aromatic rings. The Morgan fingerprint density at radius 3 is 2.70 bits per heavy atom. The average Bonchev–Trinajstić information content (AvgIpc) is 1.99. The normalized spacial score (nSPS) is 15.0. The van der Waals surface area contributed by atoms with Crippen molar-refractivity contribution >= 4 is 23.2 Å². The van der Waals surface area contributed by atoms with Crippen molar-refractivity contribution in [3.63, 3.8) is 0 Å². The third kappa shape index (κ3) is 4.88. The van der Waals surface area contributed by atoms with E-state index in [1.807, 2.05) is 0 Å². The molecule has 0 aromatic carbocycles. The fourth-order valence-electron chi connectivity index (χ4n) is 0.260. The lowest BCUT2D eigenvalue weighted by atomic mass is 10.4. The summed E-state index contributed by atoms with van der Waals surface area (Å²) in [6.45, 7) is -0.412. The van der Waals surface area contributed by atoms with Crippen LogP contribution in [0.25, 0.3) is 0 Å². The minimum atomic E-state index is -0.912. The molecule has 0 saturated carbocycles. The van der Waals surface area contributed by atoms with Gasteiger partial charge in [-0.1, -0.05) is 11.6 Å². The number of hydrogen-bond acceptors (Lipinski definition) is 3. The molecule has 2 N–H and O–H groups in total. The summed E-state index contributed by atoms with van der Waals surface area (Å²) < 4.78 is 4.63. The summed E-state index contributed by atoms with van der Waals surface area (Å²) in [7, 11) is 0. The van der Waals surface area contributed by atoms with Gasteiger partial charge in [0, 0.05) is 0 Å². The molecule has 60 valence electrons. The third-order valence-electron chi connectivity index (χ3n) is 0.710. The van der Waals surface area contributed by atoms with Crippen molar-refractivity contribution in [1.29, 1.82) is 0 Å². The summed E-state index contributed by atoms with van der Waals surface area (Å²) in [6.07, 6.45) is -0.912. The maximum atomic E-state index is 8.70. The van der Waals surface area contributed by atoms with Crippen LogP contribution < -0.4 is 0 Å². The fraction of sp³-hybridized carbons (Fsp3) is 0.600. The van der Waals surface area contributed by atoms with Crippen LogP contribution in [0.15, 0.2) is 10.8 Å². The van der Waals surface area contributed by atoms with E-state index in [1.165, 1.54) is 0 Å². The highest BCUT2D eigenvalue weighted by Gasteiger charge is 2.01. The topological polar surface area (TPSA) is 49.7 Å². The Kier molecular flexibility index (Phi) is 5.82. The highest BCUT2D eigenvalue weighted by Crippen LogP contribution is 2.04. The summed E-state index contributed by atoms with van der Waals surface area (Å²) in [4.78, 5) is 0. The van der Waals surface area contributed by atoms with Crippen LogP contribution in [0, 0.1) is 0 Å². The molecule has 0 aliphatic carbocycles. The lowest BCUT2D eigenvalue weighted by Gasteiger charge is -2.06. The van der Waals surface area contributed by atoms with Gasteiger partial charge in [-0.15, -0.1) is 0 Å². The first kappa shape index (κ1) is 10.0. The lowest BCUT2D eigenvalue weighted by molar-refractivity contribution is 0.0356. The predicted molar refractivity (Wildman–Crippen MR) is 38.8 cm³/mol. The minimum absolute atomic E-state index is 0.00540. The summed E-state index contributed by atoms with van der Waals surface area (Å²) in [5, 5.41) is 17.0. The lowest BCUT2D eigenvalue weighted by Crippen LogP contribution is -2.18. The van der Waals surface area contributed by atoms with Crippen LogP contribution in [0.2, 0.25) is 0 Å². The van der Waals surface area contributed by atoms with Crippen LogP contribution in [-0.4, -0.2) is 29.5 Å². The molecule has 1 atom stereocenters. The molecule has 0 aliphatic heterocycles. The monoisotopic (exact) mass is 186 g/mol. The maximum absolute atomic E-state index is 8.70. The van der Waals surface area contributed by atoms with E-state index in [2.05, 4.69) is 4.74 Å². The zero-order valence-corrected chi connectivity index (χ0v) is 6.64. The average molecular weight is 187 g/mol. The van der Waals surface area contributed by atoms with Gasteiger partial charge < -0.3 is 14.9 Å². The first-order valence-electron chi connectivity index (χ1n) is 2.58. The maximum Gasteiger partial charge on any atom is 0.198 e. The Hall–Kier alpha value is 0.0400. The predicted octanol–water partition coefficient (Wildman–Crippen LogP) is 0.633. The molecular formula is C5H8Cl2O3. The van der Waals surface area contributed by atoms with Gasteiger partial charge in [0.25, 0.3) is 0 Å². The molecule has 5 heteroatoms. The number of halogens is 2. The van der Waals surface area contributed by atoms with E-state index in [4.69, 9.17) is 33.4 Å². The number of rotatable bonds is 4. The Balaban J connectivity index is 3.35. The molecule has 0 saturated heterocycles. The second kappa shape index (κ2) is 5.80. The second-order valence-corrected chi connectivity index (χ2v) is 2.15. The van der Waals surface area contributed by atoms with Crippen molar-refractivity contribution in [3.8, 4) is 0 Å². The van der Waals surface area contributed by atoms with Gasteiger partial charge in [-0.3, -0.25) is 0 Å². The fourth-order valence-corrected chi connectivity index (χ4v) is 0.386. The zero-order valence-electron chi connectivity index (χ0n) is 5.13. The number of hydrogen-bond donors (Lipinski definition) is 2. The molecule has 3 nitrogen and oxygen atoms in total. The molecule has 0 radical (unpaired) electrons. The van der Waals surface area contributed by atoms with Gasteiger partial charge in [0.15, 0.2) is 5.22 Å². The van der Waals surface area contributed by atoms with E-state index in [-0.39, 0.29) is 18.4 Å². The second-order valence-electron chi connectivity index (χ2n) is 1.56. The molecule has 10 heavy (non-hydrogen) atoms. The van der Waals surface area contributed by atoms with Crippen LogP contribution in [0.4, 0.5) is 0 Å². The standard InChI is InChI=1S/C5H8Cl2O3/c6-1-5(7)10-3-4(9)2-8/h1,4,8-9H,2-3H2/b5-1+/t4-/m0/s1. The molecule has 0 heterocycles. The van der Waals surface area contributed by atoms with Crippen LogP contribution in [0.3, 0.4) is 0 Å². The molecule has 0 aromatic heterocycles. The highest BCUT2D eigenvalue weighted by atomic mass is 35.5. The van der Waals surface area contributed by atoms with Crippen molar-refractivity contribution in [2.45, 2.75) is 6.10 Å². The van der Waals surface area contributed by atoms with Crippen molar-refractivity contribution in [2.24, 2.45) is 0 Å². The van der Waals surface area contributed by atoms with Gasteiger partial charge in [0.1, 0.15) is 12.7 Å². The van der Waals surface area contributed by atoms with Crippen LogP contribution in [0.1, 0.15) is 0 Å². The van der Waals surface area contributed by atoms with Gasteiger partial charge in [-0.2, -0.15) is 0 Å². The van der Waals surface area contributed by atoms with Gasteiger partial charge in [0.05, 0.1) is 12.1 Å². The SMILES string of the molecule is OC[C@H](O)CO/C(Cl)=C/Cl. The molecule has 0 spiro atoms. The van der Waals surface area contributed by atoms with Gasteiger partial charge in [-0.05, 0) is 11.6 Å². The Morgan fingerprint density at radius 1 is 1.70 bits per heavy atom. The Bertz CT molecular complexity index is 115. The van der Waals surface area contributed by atoms with Crippen molar-refractivity contribution in [2.75, 3.05) is 13.2 Å². The molecule has 0 amide bonds. The van der Waals surface area contributed by atoms with Crippen LogP contribution >= 0.6 is 23.2 Å². The molecule has 0 aliphatic rings. The summed E-state index contributed by atoms with van der Waals surface area (Å²) >= 11 is 10.4. The van der Waals surface area contributed by atoms with Crippen LogP contribution in [-0.2, 0) is 4.74 Å². The molecule has 0 unspecified atom stereocenters. The van der Waals surface area contributed by atoms with Crippen LogP contribution in [0.5, 0.6) is 0 Å². The first-order chi connectivity index (χ1) is 4.70. The summed E-state index contributed by atoms with van der Waals surface area (Å²) in [6, 6.07) is 0. The van der Waals surface area contributed by atoms with Gasteiger partial charge in [0.2, 0.25) is 0 Å². The number of ether oxygens (including phenoxy) is 1. The Labute approximate surface area is 68.8 Å². The third-order valence-corrected chi connectivity index (χ3v) is 1.24. The quantitative estimate of drug-likeness (QED) is 0.634. The first-order valence-corrected chi connectivity index (χ1v) is 3.39. The number of aliphatic hydroxyl groups excluding tert-OH is 2. The van der Waals surface area contributed by atoms with E-state index in [0.29, 0.717) is 0 Å². The molecular weight excluding hydrogens is 179 g/mol. The summed E-state index contributed by atoms with van der Waals surface area (Å²) in [5.74, 6) is 0. The van der Waals surface area contributed by atoms with Crippen molar-refractivity contribution < 1.29 is 14.9 Å². The van der Waals surface area contributed by atoms with Crippen molar-refractivity contribution in [3.05, 3.63) is 10.8 Å². The summed E-state index contributed by atoms with van der Waals surface area (Å²) in [5.41, 5.74) is 1.03. The highest BCUT2D eigenvalue weighted by molar-refractivity contribution is 6.35. The zero-order chi connectivity index (χ0) is 7.98. The van der Waals surface area contributed by atoms with E-state index in [9.17, 15) is 0 Å².